The quantitative estimate of drug-likeness (QED) is 0.538. The zero-order valence-corrected chi connectivity index (χ0v) is 20.2. The van der Waals surface area contributed by atoms with Gasteiger partial charge in [0.25, 0.3) is 5.91 Å². The van der Waals surface area contributed by atoms with Gasteiger partial charge in [0.05, 0.1) is 29.2 Å². The van der Waals surface area contributed by atoms with Gasteiger partial charge in [-0.3, -0.25) is 14.5 Å². The second kappa shape index (κ2) is 10.6. The molecule has 36 heavy (non-hydrogen) atoms. The Kier molecular flexibility index (Phi) is 7.53. The number of aromatic carboxylic acids is 1. The summed E-state index contributed by atoms with van der Waals surface area (Å²) < 4.78 is 33.9. The lowest BCUT2D eigenvalue weighted by atomic mass is 9.87. The number of pyridine rings is 1. The molecule has 1 aliphatic heterocycles. The van der Waals surface area contributed by atoms with Crippen LogP contribution in [0.2, 0.25) is 5.02 Å². The predicted molar refractivity (Wildman–Crippen MR) is 127 cm³/mol. The molecular formula is C25H24ClF2N3O5. The molecular weight excluding hydrogens is 496 g/mol. The molecule has 1 N–H and O–H groups in total. The van der Waals surface area contributed by atoms with Gasteiger partial charge in [0, 0.05) is 18.7 Å². The molecule has 0 bridgehead atoms. The summed E-state index contributed by atoms with van der Waals surface area (Å²) in [5.41, 5.74) is -0.0102. The number of anilines is 1. The molecule has 190 valence electrons. The van der Waals surface area contributed by atoms with E-state index in [0.717, 1.165) is 25.0 Å². The molecule has 2 aliphatic rings. The molecule has 0 spiro atoms. The zero-order valence-electron chi connectivity index (χ0n) is 19.4. The van der Waals surface area contributed by atoms with Gasteiger partial charge >= 0.3 is 5.97 Å². The fourth-order valence-corrected chi connectivity index (χ4v) is 4.80. The Morgan fingerprint density at radius 2 is 1.97 bits per heavy atom. The third-order valence-corrected chi connectivity index (χ3v) is 6.66. The molecule has 1 aliphatic carbocycles. The molecule has 0 radical (unpaired) electrons. The Balaban J connectivity index is 1.59. The number of aromatic nitrogens is 1. The zero-order chi connectivity index (χ0) is 26.0. The largest absolute Gasteiger partial charge is 0.478 e. The van der Waals surface area contributed by atoms with Gasteiger partial charge < -0.3 is 14.7 Å². The van der Waals surface area contributed by atoms with Gasteiger partial charge in [-0.2, -0.15) is 0 Å². The van der Waals surface area contributed by atoms with Crippen LogP contribution in [-0.2, 0) is 9.59 Å². The second-order valence-electron chi connectivity index (χ2n) is 8.60. The highest BCUT2D eigenvalue weighted by molar-refractivity contribution is 6.30. The van der Waals surface area contributed by atoms with Crippen LogP contribution in [0, 0.1) is 11.6 Å². The summed E-state index contributed by atoms with van der Waals surface area (Å²) in [7, 11) is 0. The SMILES string of the molecule is CCC(=O)N(c1ccc(C(=O)O)cn1)C1CCCCC1N1CC(Oc2c(F)ccc(Cl)c2F)=CC1=O. The third kappa shape index (κ3) is 5.04. The van der Waals surface area contributed by atoms with E-state index >= 15 is 0 Å². The van der Waals surface area contributed by atoms with Crippen LogP contribution >= 0.6 is 11.6 Å². The van der Waals surface area contributed by atoms with Gasteiger partial charge in [-0.25, -0.2) is 18.6 Å². The van der Waals surface area contributed by atoms with Crippen LogP contribution in [0.5, 0.6) is 5.75 Å². The minimum absolute atomic E-state index is 0.0102. The number of rotatable bonds is 7. The number of nitrogens with zero attached hydrogens (tertiary/aromatic N) is 3. The molecule has 8 nitrogen and oxygen atoms in total. The summed E-state index contributed by atoms with van der Waals surface area (Å²) in [6.45, 7) is 1.67. The van der Waals surface area contributed by atoms with E-state index in [1.807, 2.05) is 0 Å². The van der Waals surface area contributed by atoms with E-state index < -0.39 is 41.3 Å². The molecule has 2 atom stereocenters. The van der Waals surface area contributed by atoms with E-state index in [9.17, 15) is 28.3 Å². The maximum atomic E-state index is 14.3. The van der Waals surface area contributed by atoms with E-state index in [-0.39, 0.29) is 35.2 Å². The third-order valence-electron chi connectivity index (χ3n) is 6.37. The first kappa shape index (κ1) is 25.6. The number of hydrogen-bond acceptors (Lipinski definition) is 5. The standard InChI is InChI=1S/C25H24ClF2N3O5/c1-2-21(32)31(20-10-7-14(12-29-20)25(34)35)19-6-4-3-5-18(19)30-13-15(11-22(30)33)36-24-17(27)9-8-16(26)23(24)28/h7-12,18-19H,2-6,13H2,1H3,(H,34,35). The first-order valence-electron chi connectivity index (χ1n) is 11.5. The lowest BCUT2D eigenvalue weighted by Gasteiger charge is -2.43. The van der Waals surface area contributed by atoms with E-state index in [1.165, 1.54) is 34.2 Å². The van der Waals surface area contributed by atoms with Crippen LogP contribution < -0.4 is 9.64 Å². The Morgan fingerprint density at radius 3 is 2.64 bits per heavy atom. The minimum atomic E-state index is -1.13. The van der Waals surface area contributed by atoms with Crippen molar-refractivity contribution in [3.05, 3.63) is 64.5 Å². The maximum absolute atomic E-state index is 14.3. The summed E-state index contributed by atoms with van der Waals surface area (Å²) >= 11 is 5.74. The van der Waals surface area contributed by atoms with Crippen molar-refractivity contribution < 1.29 is 33.0 Å². The van der Waals surface area contributed by atoms with Crippen molar-refractivity contribution in [1.82, 2.24) is 9.88 Å². The van der Waals surface area contributed by atoms with Crippen molar-refractivity contribution in [3.8, 4) is 5.75 Å². The van der Waals surface area contributed by atoms with E-state index in [0.29, 0.717) is 18.7 Å². The van der Waals surface area contributed by atoms with Crippen molar-refractivity contribution >= 4 is 35.2 Å². The average molecular weight is 520 g/mol. The van der Waals surface area contributed by atoms with Crippen molar-refractivity contribution in [2.45, 2.75) is 51.1 Å². The van der Waals surface area contributed by atoms with Gasteiger partial charge in [-0.05, 0) is 37.1 Å². The first-order valence-corrected chi connectivity index (χ1v) is 11.9. The van der Waals surface area contributed by atoms with Gasteiger partial charge in [0.2, 0.25) is 5.91 Å². The molecule has 1 saturated carbocycles. The Bertz CT molecular complexity index is 1220. The number of benzene rings is 1. The number of carboxylic acid groups (broad SMARTS) is 1. The number of carbonyl (C=O) groups is 3. The summed E-state index contributed by atoms with van der Waals surface area (Å²) in [5.74, 6) is -4.10. The van der Waals surface area contributed by atoms with Crippen molar-refractivity contribution in [2.75, 3.05) is 11.4 Å². The van der Waals surface area contributed by atoms with Crippen LogP contribution in [-0.4, -0.2) is 51.4 Å². The highest BCUT2D eigenvalue weighted by atomic mass is 35.5. The lowest BCUT2D eigenvalue weighted by molar-refractivity contribution is -0.128. The van der Waals surface area contributed by atoms with Crippen molar-refractivity contribution in [2.24, 2.45) is 0 Å². The van der Waals surface area contributed by atoms with Crippen LogP contribution in [0.15, 0.2) is 42.3 Å². The second-order valence-corrected chi connectivity index (χ2v) is 9.01. The normalized spacial score (nSPS) is 19.7. The molecule has 2 aromatic rings. The highest BCUT2D eigenvalue weighted by Crippen LogP contribution is 2.34. The number of carbonyl (C=O) groups excluding carboxylic acids is 2. The Hall–Kier alpha value is -3.53. The molecule has 1 aromatic heterocycles. The van der Waals surface area contributed by atoms with E-state index in [2.05, 4.69) is 4.98 Å². The summed E-state index contributed by atoms with van der Waals surface area (Å²) in [4.78, 5) is 44.5. The van der Waals surface area contributed by atoms with E-state index in [4.69, 9.17) is 16.3 Å². The first-order chi connectivity index (χ1) is 17.2. The monoisotopic (exact) mass is 519 g/mol. The van der Waals surface area contributed by atoms with Crippen LogP contribution in [0.3, 0.4) is 0 Å². The molecule has 2 amide bonds. The Labute approximate surface area is 211 Å². The molecule has 1 fully saturated rings. The minimum Gasteiger partial charge on any atom is -0.478 e. The maximum Gasteiger partial charge on any atom is 0.337 e. The van der Waals surface area contributed by atoms with Crippen molar-refractivity contribution in [1.29, 1.82) is 0 Å². The molecule has 11 heteroatoms. The number of amides is 2. The number of ether oxygens (including phenoxy) is 1. The molecule has 2 unspecified atom stereocenters. The smallest absolute Gasteiger partial charge is 0.337 e. The Morgan fingerprint density at radius 1 is 1.22 bits per heavy atom. The average Bonchev–Trinajstić information content (AvgIpc) is 3.24. The molecule has 0 saturated heterocycles. The van der Waals surface area contributed by atoms with Gasteiger partial charge in [-0.1, -0.05) is 31.4 Å². The molecule has 4 rings (SSSR count). The topological polar surface area (TPSA) is 100 Å². The molecule has 1 aromatic carbocycles. The van der Waals surface area contributed by atoms with Crippen LogP contribution in [0.25, 0.3) is 0 Å². The molecule has 2 heterocycles. The lowest BCUT2D eigenvalue weighted by Crippen LogP contribution is -2.56. The summed E-state index contributed by atoms with van der Waals surface area (Å²) in [6, 6.07) is 4.07. The highest BCUT2D eigenvalue weighted by Gasteiger charge is 2.41. The van der Waals surface area contributed by atoms with Crippen LogP contribution in [0.1, 0.15) is 49.4 Å². The number of hydrogen-bond donors (Lipinski definition) is 1. The number of carboxylic acids is 1. The fourth-order valence-electron chi connectivity index (χ4n) is 4.65. The van der Waals surface area contributed by atoms with Gasteiger partial charge in [0.15, 0.2) is 17.4 Å². The summed E-state index contributed by atoms with van der Waals surface area (Å²) in [5, 5.41) is 8.87. The van der Waals surface area contributed by atoms with Gasteiger partial charge in [-0.15, -0.1) is 0 Å². The van der Waals surface area contributed by atoms with Gasteiger partial charge in [0.1, 0.15) is 11.6 Å². The fraction of sp³-hybridized carbons (Fsp3) is 0.360. The van der Waals surface area contributed by atoms with E-state index in [1.54, 1.807) is 6.92 Å². The predicted octanol–water partition coefficient (Wildman–Crippen LogP) is 4.57. The van der Waals surface area contributed by atoms with Crippen LogP contribution in [0.4, 0.5) is 14.6 Å². The number of halogens is 3. The van der Waals surface area contributed by atoms with Crippen molar-refractivity contribution in [3.63, 3.8) is 0 Å². The summed E-state index contributed by atoms with van der Waals surface area (Å²) in [6.07, 6.45) is 5.37.